The number of aliphatic imine (C=N–C) groups is 1. The van der Waals surface area contributed by atoms with E-state index in [1.54, 1.807) is 6.20 Å². The first-order chi connectivity index (χ1) is 38.9. The van der Waals surface area contributed by atoms with Crippen LogP contribution in [0, 0.1) is 6.92 Å². The molecule has 5 N–H and O–H groups in total. The summed E-state index contributed by atoms with van der Waals surface area (Å²) >= 11 is 3.64. The Morgan fingerprint density at radius 1 is 0.915 bits per heavy atom. The fourth-order valence-electron chi connectivity index (χ4n) is 10.2. The Kier molecular flexibility index (Phi) is 23.7. The zero-order valence-electron chi connectivity index (χ0n) is 47.2. The van der Waals surface area contributed by atoms with Crippen LogP contribution in [0.3, 0.4) is 0 Å². The number of carbonyl (C=O) groups is 6. The number of aryl methyl sites for hydroxylation is 2. The van der Waals surface area contributed by atoms with Gasteiger partial charge in [0.25, 0.3) is 32.1 Å². The minimum Gasteiger partial charge on any atom is -0.381 e. The first-order valence-electron chi connectivity index (χ1n) is 27.8. The molecule has 450 valence electrons. The van der Waals surface area contributed by atoms with Crippen molar-refractivity contribution in [2.24, 2.45) is 4.99 Å². The molecular weight excluding hydrogens is 1170 g/mol. The van der Waals surface area contributed by atoms with Crippen LogP contribution in [-0.2, 0) is 85.4 Å². The number of benzene rings is 1. The number of ether oxygens (including phenoxy) is 3. The lowest BCUT2D eigenvalue weighted by Crippen LogP contribution is -2.47. The minimum atomic E-state index is -4.57. The summed E-state index contributed by atoms with van der Waals surface area (Å²) in [6, 6.07) is 4.00. The summed E-state index contributed by atoms with van der Waals surface area (Å²) in [6.07, 6.45) is 14.7. The number of hydrogen-bond donors (Lipinski definition) is 5. The fraction of sp³-hybridized carbons (Fsp3) is 0.571. The van der Waals surface area contributed by atoms with Crippen LogP contribution in [0.2, 0.25) is 0 Å². The quantitative estimate of drug-likeness (QED) is 0.0609. The van der Waals surface area contributed by atoms with Gasteiger partial charge in [0.1, 0.15) is 12.2 Å². The summed E-state index contributed by atoms with van der Waals surface area (Å²) in [5, 5.41) is 7.87. The van der Waals surface area contributed by atoms with Gasteiger partial charge >= 0.3 is 11.8 Å². The number of anilines is 1. The number of halogens is 1. The zero-order valence-corrected chi connectivity index (χ0v) is 50.4. The van der Waals surface area contributed by atoms with E-state index in [0.717, 1.165) is 29.8 Å². The van der Waals surface area contributed by atoms with Crippen LogP contribution in [0.15, 0.2) is 74.8 Å². The van der Waals surface area contributed by atoms with Crippen LogP contribution >= 0.6 is 15.9 Å². The van der Waals surface area contributed by atoms with Gasteiger partial charge in [-0.15, -0.1) is 5.06 Å². The van der Waals surface area contributed by atoms with E-state index in [9.17, 15) is 54.7 Å². The molecule has 0 bridgehead atoms. The molecule has 0 radical (unpaired) electrons. The summed E-state index contributed by atoms with van der Waals surface area (Å²) in [7, 11) is -8.86. The van der Waals surface area contributed by atoms with Crippen LogP contribution in [0.1, 0.15) is 128 Å². The number of pyridine rings is 1. The van der Waals surface area contributed by atoms with E-state index in [4.69, 9.17) is 24.0 Å². The number of carbonyl (C=O) groups excluding carboxylic acids is 6. The molecule has 1 fully saturated rings. The first-order valence-corrected chi connectivity index (χ1v) is 31.5. The van der Waals surface area contributed by atoms with Gasteiger partial charge in [-0.3, -0.25) is 33.1 Å². The van der Waals surface area contributed by atoms with Crippen molar-refractivity contribution >= 4 is 88.9 Å². The van der Waals surface area contributed by atoms with E-state index in [2.05, 4.69) is 43.7 Å². The molecule has 5 heterocycles. The van der Waals surface area contributed by atoms with Crippen LogP contribution < -0.4 is 25.4 Å². The van der Waals surface area contributed by atoms with Crippen molar-refractivity contribution < 1.29 is 78.3 Å². The Bertz CT molecular complexity index is 3040. The van der Waals surface area contributed by atoms with Gasteiger partial charge in [0.15, 0.2) is 5.71 Å². The van der Waals surface area contributed by atoms with Gasteiger partial charge in [-0.05, 0) is 129 Å². The van der Waals surface area contributed by atoms with E-state index in [1.165, 1.54) is 19.1 Å². The van der Waals surface area contributed by atoms with Crippen molar-refractivity contribution in [1.29, 1.82) is 0 Å². The molecular formula is C56H77BrN7O16S2+. The van der Waals surface area contributed by atoms with Crippen LogP contribution in [0.4, 0.5) is 11.5 Å². The Morgan fingerprint density at radius 3 is 2.29 bits per heavy atom. The lowest BCUT2D eigenvalue weighted by molar-refractivity contribution is -0.685. The van der Waals surface area contributed by atoms with E-state index in [-0.39, 0.29) is 108 Å². The fourth-order valence-corrected chi connectivity index (χ4v) is 11.6. The lowest BCUT2D eigenvalue weighted by Gasteiger charge is -2.30. The molecule has 0 aliphatic carbocycles. The predicted molar refractivity (Wildman–Crippen MR) is 306 cm³/mol. The summed E-state index contributed by atoms with van der Waals surface area (Å²) in [5.41, 5.74) is 3.05. The zero-order chi connectivity index (χ0) is 59.8. The molecule has 2 aromatic rings. The van der Waals surface area contributed by atoms with Crippen LogP contribution in [-0.4, -0.2) is 143 Å². The normalized spacial score (nSPS) is 23.8. The molecule has 1 aromatic heterocycles. The van der Waals surface area contributed by atoms with E-state index < -0.39 is 72.0 Å². The van der Waals surface area contributed by atoms with Gasteiger partial charge in [0.2, 0.25) is 17.7 Å². The molecule has 4 aliphatic rings. The van der Waals surface area contributed by atoms with E-state index >= 15 is 0 Å². The average molecular weight is 1250 g/mol. The van der Waals surface area contributed by atoms with Crippen molar-refractivity contribution in [1.82, 2.24) is 21.0 Å². The predicted octanol–water partition coefficient (Wildman–Crippen LogP) is 5.38. The van der Waals surface area contributed by atoms with E-state index in [1.807, 2.05) is 61.8 Å². The molecule has 23 nitrogen and oxygen atoms in total. The highest BCUT2D eigenvalue weighted by Gasteiger charge is 2.47. The highest BCUT2D eigenvalue weighted by molar-refractivity contribution is 9.10. The third-order valence-electron chi connectivity index (χ3n) is 15.0. The highest BCUT2D eigenvalue weighted by atomic mass is 79.9. The van der Waals surface area contributed by atoms with Crippen molar-refractivity contribution in [2.75, 3.05) is 64.2 Å². The van der Waals surface area contributed by atoms with Gasteiger partial charge < -0.3 is 39.9 Å². The third-order valence-corrected chi connectivity index (χ3v) is 17.5. The summed E-state index contributed by atoms with van der Waals surface area (Å²) in [6.45, 7) is 10.9. The molecule has 82 heavy (non-hydrogen) atoms. The number of aromatic nitrogens is 1. The summed E-state index contributed by atoms with van der Waals surface area (Å²) in [4.78, 5) is 87.5. The Hall–Kier alpha value is -5.74. The molecule has 5 amide bonds. The highest BCUT2D eigenvalue weighted by Crippen LogP contribution is 2.52. The number of amides is 5. The van der Waals surface area contributed by atoms with Gasteiger partial charge in [0, 0.05) is 81.8 Å². The van der Waals surface area contributed by atoms with Gasteiger partial charge in [0.05, 0.1) is 65.0 Å². The summed E-state index contributed by atoms with van der Waals surface area (Å²) in [5.74, 6) is -2.60. The smallest absolute Gasteiger partial charge is 0.335 e. The van der Waals surface area contributed by atoms with Crippen molar-refractivity contribution in [2.45, 2.75) is 152 Å². The van der Waals surface area contributed by atoms with Crippen molar-refractivity contribution in [3.05, 3.63) is 81.6 Å². The SMILES string of the molecule is CCCCN1\C2=C/C=C/C=C/C3=Nc4c(cc(Br)c[n+]4CCC(C)S(=O)(=O)O)C3(C)CCOCCC(=O)NC(C(=O)NCCOCCC(=O)ON3C(=O)CCC3=O)CCCCNC(=O)CCOCCC2(C)c2cc(S(=O)(=O)O)cc(C)c21. The first kappa shape index (κ1) is 65.4. The standard InChI is InChI=1S/C56H76BrN7O16S2/c1-6-7-26-63-46-15-10-8-9-14-45-55(4,43-35-40(57)37-62(53(43)61-45)27-18-39(3)81(71,72)73)22-31-78-29-20-48(66)60-44(54(70)59-25-33-79-30-21-51(69)80-64-49(67)16-17-50(64)68)13-11-12-24-58-47(65)19-28-77-32-23-56(46,5)42-36-41(82(74,75)76)34-38(2)52(42)63/h8-10,14-15,34-37,39,44H,6-7,11-13,16-33H2,1-5H3,(H4-,58,59,60,65,66,70,71,72,73,74,75,76)/p+1. The number of allylic oxidation sites excluding steroid dienone is 6. The Morgan fingerprint density at radius 2 is 1.61 bits per heavy atom. The molecule has 1 saturated heterocycles. The Labute approximate surface area is 488 Å². The molecule has 4 atom stereocenters. The van der Waals surface area contributed by atoms with Crippen molar-refractivity contribution in [3.63, 3.8) is 0 Å². The second-order valence-electron chi connectivity index (χ2n) is 21.2. The van der Waals surface area contributed by atoms with Crippen LogP contribution in [0.25, 0.3) is 0 Å². The maximum Gasteiger partial charge on any atom is 0.335 e. The second kappa shape index (κ2) is 29.7. The molecule has 6 rings (SSSR count). The Balaban J connectivity index is 1.23. The number of nitrogens with zero attached hydrogens (tertiary/aromatic N) is 4. The van der Waals surface area contributed by atoms with Crippen molar-refractivity contribution in [3.8, 4) is 0 Å². The molecule has 4 unspecified atom stereocenters. The largest absolute Gasteiger partial charge is 0.381 e. The van der Waals surface area contributed by atoms with Gasteiger partial charge in [-0.25, -0.2) is 9.36 Å². The van der Waals surface area contributed by atoms with E-state index in [0.29, 0.717) is 71.0 Å². The third kappa shape index (κ3) is 17.4. The monoisotopic (exact) mass is 1250 g/mol. The molecule has 0 spiro atoms. The number of imide groups is 1. The van der Waals surface area contributed by atoms with Crippen LogP contribution in [0.5, 0.6) is 0 Å². The minimum absolute atomic E-state index is 0.00203. The number of fused-ring (bicyclic) bond motifs is 6. The maximum absolute atomic E-state index is 13.5. The number of rotatable bonds is 16. The number of hydroxylamine groups is 2. The molecule has 26 heteroatoms. The summed E-state index contributed by atoms with van der Waals surface area (Å²) < 4.78 is 89.5. The topological polar surface area (TPSA) is 307 Å². The molecule has 4 aliphatic heterocycles. The number of nitrogens with one attached hydrogen (secondary N) is 3. The lowest BCUT2D eigenvalue weighted by atomic mass is 9.77. The second-order valence-corrected chi connectivity index (χ2v) is 25.3. The number of hydrogen-bond acceptors (Lipinski definition) is 16. The molecule has 1 aromatic carbocycles. The average Bonchev–Trinajstić information content (AvgIpc) is 1.99. The molecule has 0 saturated carbocycles. The maximum atomic E-state index is 13.5. The van der Waals surface area contributed by atoms with Gasteiger partial charge in [-0.1, -0.05) is 31.6 Å². The van der Waals surface area contributed by atoms with Gasteiger partial charge in [-0.2, -0.15) is 16.8 Å². The number of unbranched alkanes of at least 4 members (excludes halogenated alkanes) is 1.